The zero-order valence-corrected chi connectivity index (χ0v) is 16.6. The molecule has 3 N–H and O–H groups in total. The topological polar surface area (TPSA) is 108 Å². The molecule has 8 heteroatoms. The Bertz CT molecular complexity index is 918. The van der Waals surface area contributed by atoms with Crippen LogP contribution in [0.15, 0.2) is 6.07 Å². The molecule has 1 spiro atoms. The maximum absolute atomic E-state index is 12.2. The summed E-state index contributed by atoms with van der Waals surface area (Å²) in [5.74, 6) is 0.851. The highest BCUT2D eigenvalue weighted by Gasteiger charge is 2.73. The largest absolute Gasteiger partial charge is 0.504 e. The Morgan fingerprint density at radius 1 is 1.38 bits per heavy atom. The maximum Gasteiger partial charge on any atom is 0.276 e. The van der Waals surface area contributed by atoms with Gasteiger partial charge in [-0.15, -0.1) is 0 Å². The first-order valence-electron chi connectivity index (χ1n) is 10.7. The fraction of sp³-hybridized carbons (Fsp3) is 0.714. The third-order valence-corrected chi connectivity index (χ3v) is 8.44. The molecule has 3 aliphatic carbocycles. The average Bonchev–Trinajstić information content (AvgIpc) is 3.42. The zero-order chi connectivity index (χ0) is 20.1. The number of hydrogen-bond acceptors (Lipinski definition) is 7. The predicted octanol–water partition coefficient (Wildman–Crippen LogP) is 1.45. The van der Waals surface area contributed by atoms with Crippen LogP contribution in [0, 0.1) is 16.0 Å². The Hall–Kier alpha value is -1.90. The summed E-state index contributed by atoms with van der Waals surface area (Å²) in [7, 11) is 1.89. The number of ether oxygens (including phenoxy) is 1. The maximum atomic E-state index is 12.2. The van der Waals surface area contributed by atoms with Gasteiger partial charge in [0, 0.05) is 29.8 Å². The summed E-state index contributed by atoms with van der Waals surface area (Å²) in [6.45, 7) is 1.81. The van der Waals surface area contributed by atoms with Crippen LogP contribution in [0.25, 0.3) is 0 Å². The molecular formula is C21H27N3O5. The molecule has 156 valence electrons. The Morgan fingerprint density at radius 3 is 2.86 bits per heavy atom. The van der Waals surface area contributed by atoms with Gasteiger partial charge in [-0.3, -0.25) is 15.0 Å². The molecule has 2 bridgehead atoms. The summed E-state index contributed by atoms with van der Waals surface area (Å²) < 4.78 is 6.33. The van der Waals surface area contributed by atoms with Crippen LogP contribution in [-0.4, -0.2) is 64.0 Å². The fourth-order valence-corrected chi connectivity index (χ4v) is 7.01. The number of nitrogens with one attached hydrogen (secondary N) is 1. The number of phenols is 1. The second-order valence-corrected chi connectivity index (χ2v) is 9.63. The van der Waals surface area contributed by atoms with Gasteiger partial charge in [-0.1, -0.05) is 0 Å². The van der Waals surface area contributed by atoms with Crippen molar-refractivity contribution in [2.24, 2.45) is 5.92 Å². The highest BCUT2D eigenvalue weighted by Crippen LogP contribution is 2.66. The molecule has 0 aromatic heterocycles. The van der Waals surface area contributed by atoms with Gasteiger partial charge in [0.1, 0.15) is 6.10 Å². The van der Waals surface area contributed by atoms with E-state index in [9.17, 15) is 20.3 Å². The number of likely N-dealkylation sites (N-methyl/N-ethyl adjacent to an activating group) is 1. The molecule has 2 aliphatic heterocycles. The van der Waals surface area contributed by atoms with Crippen LogP contribution in [0.5, 0.6) is 11.5 Å². The predicted molar refractivity (Wildman–Crippen MR) is 104 cm³/mol. The molecule has 2 saturated carbocycles. The lowest BCUT2D eigenvalue weighted by atomic mass is 9.48. The van der Waals surface area contributed by atoms with Gasteiger partial charge in [0.15, 0.2) is 11.5 Å². The molecule has 0 amide bonds. The van der Waals surface area contributed by atoms with E-state index >= 15 is 0 Å². The normalized spacial score (nSPS) is 39.7. The minimum Gasteiger partial charge on any atom is -0.504 e. The van der Waals surface area contributed by atoms with Crippen LogP contribution in [0.2, 0.25) is 0 Å². The first kappa shape index (κ1) is 17.9. The molecule has 29 heavy (non-hydrogen) atoms. The molecule has 6 rings (SSSR count). The SMILES string of the molecule is CNC1CC[C@@]2(O)[C@H]3Cc4c([N+](=O)[O-])cc(O)c5c4[C@@]2(CCN3CC2CC2)C1O5. The van der Waals surface area contributed by atoms with E-state index in [1.54, 1.807) is 0 Å². The molecule has 0 radical (unpaired) electrons. The molecule has 5 aliphatic rings. The number of benzene rings is 1. The Balaban J connectivity index is 1.60. The van der Waals surface area contributed by atoms with Gasteiger partial charge in [0.05, 0.1) is 22.0 Å². The number of phenolic OH excluding ortho intramolecular Hbond substituents is 1. The Kier molecular flexibility index (Phi) is 3.47. The van der Waals surface area contributed by atoms with E-state index in [1.807, 2.05) is 7.05 Å². The fourth-order valence-electron chi connectivity index (χ4n) is 7.01. The smallest absolute Gasteiger partial charge is 0.276 e. The van der Waals surface area contributed by atoms with E-state index in [-0.39, 0.29) is 29.6 Å². The minimum absolute atomic E-state index is 0.0303. The van der Waals surface area contributed by atoms with Crippen molar-refractivity contribution < 1.29 is 19.9 Å². The number of nitro groups is 1. The third kappa shape index (κ3) is 2.04. The molecule has 3 fully saturated rings. The van der Waals surface area contributed by atoms with Gasteiger partial charge < -0.3 is 20.3 Å². The second kappa shape index (κ2) is 5.62. The number of hydrogen-bond donors (Lipinski definition) is 3. The van der Waals surface area contributed by atoms with Crippen LogP contribution in [0.4, 0.5) is 5.69 Å². The van der Waals surface area contributed by atoms with Gasteiger partial charge >= 0.3 is 0 Å². The van der Waals surface area contributed by atoms with E-state index in [4.69, 9.17) is 4.74 Å². The lowest BCUT2D eigenvalue weighted by Crippen LogP contribution is -2.78. The Labute approximate surface area is 169 Å². The van der Waals surface area contributed by atoms with Crippen LogP contribution < -0.4 is 10.1 Å². The van der Waals surface area contributed by atoms with Crippen molar-refractivity contribution in [2.45, 2.75) is 67.7 Å². The van der Waals surface area contributed by atoms with E-state index in [0.29, 0.717) is 42.1 Å². The molecule has 2 unspecified atom stereocenters. The van der Waals surface area contributed by atoms with Crippen molar-refractivity contribution in [3.05, 3.63) is 27.3 Å². The summed E-state index contributed by atoms with van der Waals surface area (Å²) >= 11 is 0. The number of aromatic hydroxyl groups is 1. The summed E-state index contributed by atoms with van der Waals surface area (Å²) in [6, 6.07) is 1.12. The summed E-state index contributed by atoms with van der Waals surface area (Å²) in [6.07, 6.45) is 4.66. The average molecular weight is 401 g/mol. The zero-order valence-electron chi connectivity index (χ0n) is 16.6. The van der Waals surface area contributed by atoms with Gasteiger partial charge in [-0.2, -0.15) is 0 Å². The lowest BCUT2D eigenvalue weighted by molar-refractivity contribution is -0.386. The van der Waals surface area contributed by atoms with Crippen molar-refractivity contribution in [3.8, 4) is 11.5 Å². The molecular weight excluding hydrogens is 374 g/mol. The summed E-state index contributed by atoms with van der Waals surface area (Å²) in [4.78, 5) is 13.8. The first-order chi connectivity index (χ1) is 13.9. The van der Waals surface area contributed by atoms with Crippen LogP contribution in [-0.2, 0) is 11.8 Å². The number of rotatable bonds is 4. The van der Waals surface area contributed by atoms with Gasteiger partial charge in [-0.05, 0) is 58.0 Å². The van der Waals surface area contributed by atoms with E-state index in [0.717, 1.165) is 19.5 Å². The Morgan fingerprint density at radius 2 is 2.17 bits per heavy atom. The van der Waals surface area contributed by atoms with E-state index in [2.05, 4.69) is 10.2 Å². The van der Waals surface area contributed by atoms with Gasteiger partial charge in [0.25, 0.3) is 5.69 Å². The van der Waals surface area contributed by atoms with Crippen molar-refractivity contribution in [1.82, 2.24) is 10.2 Å². The van der Waals surface area contributed by atoms with Gasteiger partial charge in [-0.25, -0.2) is 0 Å². The molecule has 5 atom stereocenters. The highest BCUT2D eigenvalue weighted by molar-refractivity contribution is 5.68. The summed E-state index contributed by atoms with van der Waals surface area (Å²) in [5.41, 5.74) is -0.401. The number of piperidine rings is 1. The van der Waals surface area contributed by atoms with Crippen LogP contribution >= 0.6 is 0 Å². The standard InChI is InChI=1S/C21H27N3O5/c1-22-13-4-5-21(26)16-8-12-14(24(27)28)9-15(25)18-17(12)20(21,19(13)29-18)6-7-23(16)10-11-2-3-11/h9,11,13,16,19,22,25-26H,2-8,10H2,1H3/t13?,16-,19?,20+,21-/m1/s1. The van der Waals surface area contributed by atoms with Crippen LogP contribution in [0.1, 0.15) is 43.2 Å². The molecule has 1 aromatic rings. The van der Waals surface area contributed by atoms with Gasteiger partial charge in [0.2, 0.25) is 0 Å². The molecule has 8 nitrogen and oxygen atoms in total. The molecule has 1 aromatic carbocycles. The highest BCUT2D eigenvalue weighted by atomic mass is 16.6. The van der Waals surface area contributed by atoms with Crippen molar-refractivity contribution in [3.63, 3.8) is 0 Å². The first-order valence-corrected chi connectivity index (χ1v) is 10.7. The molecule has 1 saturated heterocycles. The van der Waals surface area contributed by atoms with Crippen LogP contribution in [0.3, 0.4) is 0 Å². The number of likely N-dealkylation sites (tertiary alicyclic amines) is 1. The minimum atomic E-state index is -1.00. The monoisotopic (exact) mass is 401 g/mol. The summed E-state index contributed by atoms with van der Waals surface area (Å²) in [5, 5.41) is 38.1. The lowest BCUT2D eigenvalue weighted by Gasteiger charge is -2.64. The number of nitro benzene ring substituents is 1. The number of nitrogens with zero attached hydrogens (tertiary/aromatic N) is 2. The van der Waals surface area contributed by atoms with Crippen molar-refractivity contribution in [2.75, 3.05) is 20.1 Å². The van der Waals surface area contributed by atoms with Crippen molar-refractivity contribution >= 4 is 5.69 Å². The quantitative estimate of drug-likeness (QED) is 0.518. The van der Waals surface area contributed by atoms with Crippen molar-refractivity contribution in [1.29, 1.82) is 0 Å². The van der Waals surface area contributed by atoms with E-state index < -0.39 is 15.9 Å². The second-order valence-electron chi connectivity index (χ2n) is 9.63. The number of aliphatic hydroxyl groups is 1. The third-order valence-electron chi connectivity index (χ3n) is 8.44. The molecule has 2 heterocycles. The van der Waals surface area contributed by atoms with E-state index in [1.165, 1.54) is 18.9 Å².